The lowest BCUT2D eigenvalue weighted by Crippen LogP contribution is -2.15. The standard InChI is InChI=1S/C11H14ClNO4/c1-7-9(2-8(5-14)6-15)3-10(13(16)17)4-11(7)12/h3-4,8,14-15H,2,5-6H2,1H3. The summed E-state index contributed by atoms with van der Waals surface area (Å²) in [6.45, 7) is 1.42. The highest BCUT2D eigenvalue weighted by molar-refractivity contribution is 6.31. The SMILES string of the molecule is Cc1c(Cl)cc([N+](=O)[O-])cc1CC(CO)CO. The molecule has 0 saturated carbocycles. The zero-order valence-electron chi connectivity index (χ0n) is 9.39. The van der Waals surface area contributed by atoms with Gasteiger partial charge in [0.2, 0.25) is 0 Å². The molecule has 0 radical (unpaired) electrons. The van der Waals surface area contributed by atoms with Crippen molar-refractivity contribution < 1.29 is 15.1 Å². The van der Waals surface area contributed by atoms with Crippen LogP contribution in [0.5, 0.6) is 0 Å². The lowest BCUT2D eigenvalue weighted by atomic mass is 9.96. The zero-order chi connectivity index (χ0) is 13.0. The molecule has 6 heteroatoms. The molecule has 0 aromatic heterocycles. The van der Waals surface area contributed by atoms with Crippen molar-refractivity contribution in [2.45, 2.75) is 13.3 Å². The van der Waals surface area contributed by atoms with E-state index in [0.717, 1.165) is 5.56 Å². The Morgan fingerprint density at radius 2 is 2.00 bits per heavy atom. The number of halogens is 1. The van der Waals surface area contributed by atoms with E-state index in [0.29, 0.717) is 17.0 Å². The van der Waals surface area contributed by atoms with Gasteiger partial charge in [-0.05, 0) is 24.5 Å². The van der Waals surface area contributed by atoms with Gasteiger partial charge >= 0.3 is 0 Å². The molecule has 17 heavy (non-hydrogen) atoms. The van der Waals surface area contributed by atoms with Crippen LogP contribution in [0.4, 0.5) is 5.69 Å². The number of hydrogen-bond acceptors (Lipinski definition) is 4. The van der Waals surface area contributed by atoms with Gasteiger partial charge in [0, 0.05) is 31.3 Å². The summed E-state index contributed by atoms with van der Waals surface area (Å²) in [6.07, 6.45) is 0.361. The van der Waals surface area contributed by atoms with Gasteiger partial charge < -0.3 is 10.2 Å². The third kappa shape index (κ3) is 3.39. The molecule has 0 atom stereocenters. The quantitative estimate of drug-likeness (QED) is 0.623. The molecule has 0 unspecified atom stereocenters. The van der Waals surface area contributed by atoms with Crippen LogP contribution in [-0.2, 0) is 6.42 Å². The average Bonchev–Trinajstić information content (AvgIpc) is 2.30. The number of benzene rings is 1. The molecular formula is C11H14ClNO4. The van der Waals surface area contributed by atoms with E-state index >= 15 is 0 Å². The molecule has 1 rings (SSSR count). The Morgan fingerprint density at radius 3 is 2.47 bits per heavy atom. The number of hydrogen-bond donors (Lipinski definition) is 2. The maximum absolute atomic E-state index is 10.7. The smallest absolute Gasteiger partial charge is 0.271 e. The van der Waals surface area contributed by atoms with Crippen molar-refractivity contribution in [3.8, 4) is 0 Å². The van der Waals surface area contributed by atoms with Gasteiger partial charge in [-0.2, -0.15) is 0 Å². The fraction of sp³-hybridized carbons (Fsp3) is 0.455. The van der Waals surface area contributed by atoms with Crippen molar-refractivity contribution in [1.82, 2.24) is 0 Å². The maximum atomic E-state index is 10.7. The highest BCUT2D eigenvalue weighted by atomic mass is 35.5. The van der Waals surface area contributed by atoms with Crippen LogP contribution in [0.2, 0.25) is 5.02 Å². The van der Waals surface area contributed by atoms with Crippen LogP contribution in [0.25, 0.3) is 0 Å². The average molecular weight is 260 g/mol. The second-order valence-corrected chi connectivity index (χ2v) is 4.31. The van der Waals surface area contributed by atoms with Gasteiger partial charge in [0.25, 0.3) is 5.69 Å². The summed E-state index contributed by atoms with van der Waals surface area (Å²) in [5.41, 5.74) is 1.34. The summed E-state index contributed by atoms with van der Waals surface area (Å²) in [5.74, 6) is -0.327. The molecule has 0 heterocycles. The molecule has 0 fully saturated rings. The molecule has 94 valence electrons. The first kappa shape index (κ1) is 13.9. The Labute approximate surface area is 104 Å². The molecule has 0 aliphatic carbocycles. The summed E-state index contributed by atoms with van der Waals surface area (Å²) in [5, 5.41) is 29.0. The van der Waals surface area contributed by atoms with Crippen molar-refractivity contribution in [3.05, 3.63) is 38.4 Å². The fourth-order valence-electron chi connectivity index (χ4n) is 1.54. The monoisotopic (exact) mass is 259 g/mol. The van der Waals surface area contributed by atoms with E-state index in [1.54, 1.807) is 6.92 Å². The number of aliphatic hydroxyl groups excluding tert-OH is 2. The molecule has 2 N–H and O–H groups in total. The molecule has 1 aromatic rings. The van der Waals surface area contributed by atoms with E-state index in [9.17, 15) is 10.1 Å². The second-order valence-electron chi connectivity index (χ2n) is 3.90. The van der Waals surface area contributed by atoms with Crippen molar-refractivity contribution >= 4 is 17.3 Å². The molecule has 0 saturated heterocycles. The molecule has 1 aromatic carbocycles. The molecule has 5 nitrogen and oxygen atoms in total. The van der Waals surface area contributed by atoms with E-state index in [1.807, 2.05) is 0 Å². The Morgan fingerprint density at radius 1 is 1.41 bits per heavy atom. The van der Waals surface area contributed by atoms with Crippen LogP contribution in [0.3, 0.4) is 0 Å². The first-order chi connectivity index (χ1) is 7.99. The van der Waals surface area contributed by atoms with Crippen molar-refractivity contribution in [2.75, 3.05) is 13.2 Å². The molecule has 0 aliphatic rings. The van der Waals surface area contributed by atoms with Crippen LogP contribution in [-0.4, -0.2) is 28.4 Å². The van der Waals surface area contributed by atoms with Crippen molar-refractivity contribution in [2.24, 2.45) is 5.92 Å². The summed E-state index contributed by atoms with van der Waals surface area (Å²) < 4.78 is 0. The van der Waals surface area contributed by atoms with Gasteiger partial charge in [-0.3, -0.25) is 10.1 Å². The Balaban J connectivity index is 3.09. The number of aliphatic hydroxyl groups is 2. The third-order valence-corrected chi connectivity index (χ3v) is 3.07. The largest absolute Gasteiger partial charge is 0.396 e. The highest BCUT2D eigenvalue weighted by Crippen LogP contribution is 2.27. The Bertz CT molecular complexity index is 418. The number of nitrogens with zero attached hydrogens (tertiary/aromatic N) is 1. The van der Waals surface area contributed by atoms with Crippen LogP contribution < -0.4 is 0 Å². The van der Waals surface area contributed by atoms with E-state index in [2.05, 4.69) is 0 Å². The van der Waals surface area contributed by atoms with Crippen LogP contribution in [0.1, 0.15) is 11.1 Å². The zero-order valence-corrected chi connectivity index (χ0v) is 10.1. The second kappa shape index (κ2) is 5.95. The van der Waals surface area contributed by atoms with Crippen LogP contribution in [0.15, 0.2) is 12.1 Å². The molecular weight excluding hydrogens is 246 g/mol. The van der Waals surface area contributed by atoms with E-state index < -0.39 is 4.92 Å². The maximum Gasteiger partial charge on any atom is 0.271 e. The number of nitro groups is 1. The van der Waals surface area contributed by atoms with Crippen LogP contribution in [0, 0.1) is 23.0 Å². The number of non-ortho nitro benzene ring substituents is 1. The van der Waals surface area contributed by atoms with E-state index in [-0.39, 0.29) is 24.8 Å². The lowest BCUT2D eigenvalue weighted by Gasteiger charge is -2.13. The van der Waals surface area contributed by atoms with Crippen molar-refractivity contribution in [3.63, 3.8) is 0 Å². The first-order valence-electron chi connectivity index (χ1n) is 5.14. The Hall–Kier alpha value is -1.17. The van der Waals surface area contributed by atoms with Crippen molar-refractivity contribution in [1.29, 1.82) is 0 Å². The summed E-state index contributed by atoms with van der Waals surface area (Å²) in [6, 6.07) is 2.73. The topological polar surface area (TPSA) is 83.6 Å². The van der Waals surface area contributed by atoms with Gasteiger partial charge in [-0.15, -0.1) is 0 Å². The minimum absolute atomic E-state index is 0.0785. The Kier molecular flexibility index (Phi) is 4.86. The van der Waals surface area contributed by atoms with Gasteiger partial charge in [-0.1, -0.05) is 11.6 Å². The minimum Gasteiger partial charge on any atom is -0.396 e. The molecule has 0 spiro atoms. The van der Waals surface area contributed by atoms with Gasteiger partial charge in [0.05, 0.1) is 9.95 Å². The number of nitro benzene ring substituents is 1. The van der Waals surface area contributed by atoms with E-state index in [1.165, 1.54) is 12.1 Å². The van der Waals surface area contributed by atoms with Gasteiger partial charge in [-0.25, -0.2) is 0 Å². The first-order valence-corrected chi connectivity index (χ1v) is 5.52. The third-order valence-electron chi connectivity index (χ3n) is 2.67. The summed E-state index contributed by atoms with van der Waals surface area (Å²) >= 11 is 5.90. The minimum atomic E-state index is -0.512. The molecule has 0 amide bonds. The van der Waals surface area contributed by atoms with Crippen LogP contribution >= 0.6 is 11.6 Å². The molecule has 0 bridgehead atoms. The predicted octanol–water partition coefficient (Wildman–Crippen LogP) is 1.70. The number of rotatable bonds is 5. The van der Waals surface area contributed by atoms with E-state index in [4.69, 9.17) is 21.8 Å². The van der Waals surface area contributed by atoms with Gasteiger partial charge in [0.15, 0.2) is 0 Å². The lowest BCUT2D eigenvalue weighted by molar-refractivity contribution is -0.384. The summed E-state index contributed by atoms with van der Waals surface area (Å²) in [4.78, 5) is 10.2. The van der Waals surface area contributed by atoms with Gasteiger partial charge in [0.1, 0.15) is 0 Å². The highest BCUT2D eigenvalue weighted by Gasteiger charge is 2.16. The molecule has 0 aliphatic heterocycles. The summed E-state index contributed by atoms with van der Waals surface area (Å²) in [7, 11) is 0. The normalized spacial score (nSPS) is 10.9. The fourth-order valence-corrected chi connectivity index (χ4v) is 1.77. The predicted molar refractivity (Wildman–Crippen MR) is 64.2 cm³/mol.